The van der Waals surface area contributed by atoms with Gasteiger partial charge >= 0.3 is 0 Å². The van der Waals surface area contributed by atoms with Crippen LogP contribution in [-0.2, 0) is 4.79 Å². The van der Waals surface area contributed by atoms with Crippen LogP contribution in [0.5, 0.6) is 0 Å². The number of carbonyl (C=O) groups excluding carboxylic acids is 1. The molecule has 0 heterocycles. The van der Waals surface area contributed by atoms with E-state index >= 15 is 0 Å². The van der Waals surface area contributed by atoms with Gasteiger partial charge in [0.2, 0.25) is 0 Å². The fourth-order valence-corrected chi connectivity index (χ4v) is 2.64. The molecular formula is C13H22O. The molecule has 3 atom stereocenters. The van der Waals surface area contributed by atoms with Crippen LogP contribution in [0.15, 0.2) is 12.7 Å². The van der Waals surface area contributed by atoms with Crippen LogP contribution >= 0.6 is 0 Å². The van der Waals surface area contributed by atoms with Gasteiger partial charge in [-0.2, -0.15) is 0 Å². The highest BCUT2D eigenvalue weighted by molar-refractivity contribution is 5.49. The molecule has 0 N–H and O–H groups in total. The zero-order chi connectivity index (χ0) is 10.4. The Balaban J connectivity index is 2.38. The Bertz CT molecular complexity index is 178. The molecule has 1 aliphatic rings. The van der Waals surface area contributed by atoms with Crippen molar-refractivity contribution in [2.75, 3.05) is 0 Å². The number of rotatable bonds is 5. The van der Waals surface area contributed by atoms with Crippen molar-refractivity contribution in [2.24, 2.45) is 17.8 Å². The number of hydrogen-bond acceptors (Lipinski definition) is 1. The number of hydrogen-bond donors (Lipinski definition) is 0. The van der Waals surface area contributed by atoms with Crippen molar-refractivity contribution in [3.63, 3.8) is 0 Å². The summed E-state index contributed by atoms with van der Waals surface area (Å²) in [5, 5.41) is 0. The molecule has 0 radical (unpaired) electrons. The normalized spacial score (nSPS) is 29.5. The van der Waals surface area contributed by atoms with Crippen LogP contribution in [0.1, 0.15) is 45.4 Å². The van der Waals surface area contributed by atoms with Crippen molar-refractivity contribution >= 4 is 6.29 Å². The molecule has 0 amide bonds. The maximum Gasteiger partial charge on any atom is 0.120 e. The van der Waals surface area contributed by atoms with E-state index in [0.29, 0.717) is 5.92 Å². The van der Waals surface area contributed by atoms with E-state index in [2.05, 4.69) is 13.5 Å². The summed E-state index contributed by atoms with van der Waals surface area (Å²) < 4.78 is 0. The van der Waals surface area contributed by atoms with Crippen LogP contribution < -0.4 is 0 Å². The van der Waals surface area contributed by atoms with Crippen LogP contribution in [0.2, 0.25) is 0 Å². The third-order valence-electron chi connectivity index (χ3n) is 3.60. The van der Waals surface area contributed by atoms with E-state index in [1.165, 1.54) is 25.7 Å². The third-order valence-corrected chi connectivity index (χ3v) is 3.60. The van der Waals surface area contributed by atoms with Gasteiger partial charge in [-0.25, -0.2) is 0 Å². The van der Waals surface area contributed by atoms with Crippen LogP contribution in [0.25, 0.3) is 0 Å². The van der Waals surface area contributed by atoms with Crippen LogP contribution in [-0.4, -0.2) is 6.29 Å². The molecule has 1 aliphatic carbocycles. The van der Waals surface area contributed by atoms with Crippen molar-refractivity contribution in [2.45, 2.75) is 45.4 Å². The highest BCUT2D eigenvalue weighted by Crippen LogP contribution is 2.36. The monoisotopic (exact) mass is 194 g/mol. The smallest absolute Gasteiger partial charge is 0.120 e. The lowest BCUT2D eigenvalue weighted by Gasteiger charge is -2.31. The lowest BCUT2D eigenvalue weighted by Crippen LogP contribution is -2.21. The molecule has 1 saturated carbocycles. The van der Waals surface area contributed by atoms with Crippen LogP contribution in [0.3, 0.4) is 0 Å². The van der Waals surface area contributed by atoms with Crippen molar-refractivity contribution < 1.29 is 4.79 Å². The first kappa shape index (κ1) is 11.5. The standard InChI is InChI=1S/C13H22O/c1-3-5-12-6-4-7-13(10-12)11(2)8-9-14/h3,9,11-13H,1,4-8,10H2,2H3. The lowest BCUT2D eigenvalue weighted by molar-refractivity contribution is -0.109. The van der Waals surface area contributed by atoms with E-state index in [4.69, 9.17) is 0 Å². The van der Waals surface area contributed by atoms with E-state index < -0.39 is 0 Å². The summed E-state index contributed by atoms with van der Waals surface area (Å²) >= 11 is 0. The molecule has 0 aliphatic heterocycles. The van der Waals surface area contributed by atoms with Crippen molar-refractivity contribution in [1.29, 1.82) is 0 Å². The first-order valence-electron chi connectivity index (χ1n) is 5.82. The van der Waals surface area contributed by atoms with Crippen molar-refractivity contribution in [1.82, 2.24) is 0 Å². The minimum atomic E-state index is 0.583. The Hall–Kier alpha value is -0.590. The summed E-state index contributed by atoms with van der Waals surface area (Å²) in [6.07, 6.45) is 10.3. The Morgan fingerprint density at radius 3 is 2.93 bits per heavy atom. The van der Waals surface area contributed by atoms with Gasteiger partial charge in [0.25, 0.3) is 0 Å². The Morgan fingerprint density at radius 1 is 1.50 bits per heavy atom. The fraction of sp³-hybridized carbons (Fsp3) is 0.769. The Labute approximate surface area is 87.6 Å². The van der Waals surface area contributed by atoms with Gasteiger partial charge < -0.3 is 4.79 Å². The third kappa shape index (κ3) is 3.28. The SMILES string of the molecule is C=CCC1CCCC(C(C)CC=O)C1. The topological polar surface area (TPSA) is 17.1 Å². The fourth-order valence-electron chi connectivity index (χ4n) is 2.64. The van der Waals surface area contributed by atoms with E-state index in [0.717, 1.165) is 31.0 Å². The Kier molecular flexibility index (Phi) is 4.92. The summed E-state index contributed by atoms with van der Waals surface area (Å²) in [6.45, 7) is 6.02. The molecule has 1 nitrogen and oxygen atoms in total. The molecule has 0 bridgehead atoms. The van der Waals surface area contributed by atoms with Gasteiger partial charge in [-0.3, -0.25) is 0 Å². The predicted octanol–water partition coefficient (Wildman–Crippen LogP) is 3.59. The van der Waals surface area contributed by atoms with Gasteiger partial charge in [-0.1, -0.05) is 32.3 Å². The zero-order valence-corrected chi connectivity index (χ0v) is 9.24. The second-order valence-corrected chi connectivity index (χ2v) is 4.70. The van der Waals surface area contributed by atoms with Gasteiger partial charge in [0.05, 0.1) is 0 Å². The van der Waals surface area contributed by atoms with Gasteiger partial charge in [0.15, 0.2) is 0 Å². The second-order valence-electron chi connectivity index (χ2n) is 4.70. The molecule has 80 valence electrons. The second kappa shape index (κ2) is 6.00. The van der Waals surface area contributed by atoms with E-state index in [9.17, 15) is 4.79 Å². The minimum Gasteiger partial charge on any atom is -0.303 e. The minimum absolute atomic E-state index is 0.583. The average molecular weight is 194 g/mol. The average Bonchev–Trinajstić information content (AvgIpc) is 2.19. The number of aldehydes is 1. The molecule has 0 aromatic carbocycles. The largest absolute Gasteiger partial charge is 0.303 e. The lowest BCUT2D eigenvalue weighted by atomic mass is 9.74. The van der Waals surface area contributed by atoms with Gasteiger partial charge in [-0.15, -0.1) is 6.58 Å². The zero-order valence-electron chi connectivity index (χ0n) is 9.24. The summed E-state index contributed by atoms with van der Waals surface area (Å²) in [4.78, 5) is 10.4. The van der Waals surface area contributed by atoms with Gasteiger partial charge in [-0.05, 0) is 30.6 Å². The summed E-state index contributed by atoms with van der Waals surface area (Å²) in [7, 11) is 0. The molecule has 0 aromatic rings. The maximum atomic E-state index is 10.4. The number of carbonyl (C=O) groups is 1. The number of allylic oxidation sites excluding steroid dienone is 1. The first-order chi connectivity index (χ1) is 6.77. The first-order valence-corrected chi connectivity index (χ1v) is 5.82. The Morgan fingerprint density at radius 2 is 2.29 bits per heavy atom. The van der Waals surface area contributed by atoms with Gasteiger partial charge in [0, 0.05) is 6.42 Å². The van der Waals surface area contributed by atoms with Crippen LogP contribution in [0, 0.1) is 17.8 Å². The molecule has 1 fully saturated rings. The molecule has 0 saturated heterocycles. The predicted molar refractivity (Wildman–Crippen MR) is 60.1 cm³/mol. The van der Waals surface area contributed by atoms with E-state index in [1.807, 2.05) is 6.08 Å². The molecule has 3 unspecified atom stereocenters. The van der Waals surface area contributed by atoms with E-state index in [-0.39, 0.29) is 0 Å². The van der Waals surface area contributed by atoms with E-state index in [1.54, 1.807) is 0 Å². The van der Waals surface area contributed by atoms with Crippen molar-refractivity contribution in [3.05, 3.63) is 12.7 Å². The summed E-state index contributed by atoms with van der Waals surface area (Å²) in [6, 6.07) is 0. The summed E-state index contributed by atoms with van der Waals surface area (Å²) in [5.74, 6) is 2.19. The molecule has 14 heavy (non-hydrogen) atoms. The summed E-state index contributed by atoms with van der Waals surface area (Å²) in [5.41, 5.74) is 0. The molecule has 1 rings (SSSR count). The molecule has 0 aromatic heterocycles. The quantitative estimate of drug-likeness (QED) is 0.483. The van der Waals surface area contributed by atoms with Crippen LogP contribution in [0.4, 0.5) is 0 Å². The highest BCUT2D eigenvalue weighted by Gasteiger charge is 2.24. The highest BCUT2D eigenvalue weighted by atomic mass is 16.1. The molecule has 0 spiro atoms. The molecule has 1 heteroatoms. The maximum absolute atomic E-state index is 10.4. The van der Waals surface area contributed by atoms with Crippen molar-refractivity contribution in [3.8, 4) is 0 Å². The van der Waals surface area contributed by atoms with Gasteiger partial charge in [0.1, 0.15) is 6.29 Å². The molecular weight excluding hydrogens is 172 g/mol.